The highest BCUT2D eigenvalue weighted by molar-refractivity contribution is 5.96. The third-order valence-electron chi connectivity index (χ3n) is 6.39. The molecular formula is C30H27FN8O. The first kappa shape index (κ1) is 25.3. The lowest BCUT2D eigenvalue weighted by Crippen LogP contribution is -2.19. The molecule has 0 bridgehead atoms. The lowest BCUT2D eigenvalue weighted by molar-refractivity contribution is -0.117. The van der Waals surface area contributed by atoms with E-state index in [1.807, 2.05) is 52.0 Å². The number of nitrogens with one attached hydrogen (secondary N) is 3. The van der Waals surface area contributed by atoms with Crippen LogP contribution in [0.4, 0.5) is 10.1 Å². The van der Waals surface area contributed by atoms with E-state index in [1.54, 1.807) is 24.8 Å². The van der Waals surface area contributed by atoms with Gasteiger partial charge in [-0.15, -0.1) is 0 Å². The number of anilines is 1. The minimum atomic E-state index is -0.315. The second-order valence-corrected chi connectivity index (χ2v) is 11.1. The van der Waals surface area contributed by atoms with Gasteiger partial charge in [0.25, 0.3) is 0 Å². The Hall–Kier alpha value is -4.99. The Labute approximate surface area is 229 Å². The van der Waals surface area contributed by atoms with Crippen molar-refractivity contribution < 1.29 is 9.18 Å². The number of aromatic amines is 2. The molecule has 0 spiro atoms. The number of benzene rings is 1. The number of aromatic nitrogens is 7. The number of hydrogen-bond acceptors (Lipinski definition) is 6. The van der Waals surface area contributed by atoms with E-state index in [-0.39, 0.29) is 17.1 Å². The van der Waals surface area contributed by atoms with Crippen LogP contribution in [0.3, 0.4) is 0 Å². The summed E-state index contributed by atoms with van der Waals surface area (Å²) >= 11 is 0. The van der Waals surface area contributed by atoms with Crippen LogP contribution in [0, 0.1) is 18.2 Å². The van der Waals surface area contributed by atoms with Gasteiger partial charge in [0.05, 0.1) is 40.3 Å². The van der Waals surface area contributed by atoms with Gasteiger partial charge in [-0.2, -0.15) is 5.10 Å². The maximum Gasteiger partial charge on any atom is 0.224 e. The third-order valence-corrected chi connectivity index (χ3v) is 6.39. The Kier molecular flexibility index (Phi) is 6.10. The number of hydrogen-bond donors (Lipinski definition) is 3. The number of amides is 1. The fourth-order valence-electron chi connectivity index (χ4n) is 4.71. The predicted molar refractivity (Wildman–Crippen MR) is 153 cm³/mol. The van der Waals surface area contributed by atoms with E-state index >= 15 is 0 Å². The van der Waals surface area contributed by atoms with E-state index in [0.29, 0.717) is 57.0 Å². The molecule has 0 fully saturated rings. The van der Waals surface area contributed by atoms with Crippen LogP contribution in [0.25, 0.3) is 56.0 Å². The van der Waals surface area contributed by atoms with Crippen molar-refractivity contribution >= 4 is 33.7 Å². The molecule has 0 aliphatic carbocycles. The van der Waals surface area contributed by atoms with Gasteiger partial charge < -0.3 is 10.3 Å². The monoisotopic (exact) mass is 534 g/mol. The fraction of sp³-hybridized carbons (Fsp3) is 0.200. The highest BCUT2D eigenvalue weighted by atomic mass is 19.1. The zero-order chi connectivity index (χ0) is 28.0. The van der Waals surface area contributed by atoms with E-state index in [9.17, 15) is 9.18 Å². The number of fused-ring (bicyclic) bond motifs is 2. The van der Waals surface area contributed by atoms with E-state index in [4.69, 9.17) is 9.97 Å². The smallest absolute Gasteiger partial charge is 0.224 e. The van der Waals surface area contributed by atoms with Gasteiger partial charge in [-0.1, -0.05) is 26.8 Å². The molecule has 5 aromatic heterocycles. The summed E-state index contributed by atoms with van der Waals surface area (Å²) in [5, 5.41) is 10.4. The Morgan fingerprint density at radius 1 is 0.925 bits per heavy atom. The number of H-pyrrole nitrogens is 2. The summed E-state index contributed by atoms with van der Waals surface area (Å²) in [6.07, 6.45) is 7.08. The predicted octanol–water partition coefficient (Wildman–Crippen LogP) is 6.45. The summed E-state index contributed by atoms with van der Waals surface area (Å²) in [6.45, 7) is 7.90. The van der Waals surface area contributed by atoms with Crippen molar-refractivity contribution in [3.63, 3.8) is 0 Å². The molecule has 5 heterocycles. The molecule has 1 amide bonds. The Morgan fingerprint density at radius 3 is 2.55 bits per heavy atom. The van der Waals surface area contributed by atoms with Crippen LogP contribution in [0.5, 0.6) is 0 Å². The second-order valence-electron chi connectivity index (χ2n) is 11.1. The molecule has 200 valence electrons. The number of pyridine rings is 3. The standard InChI is InChI=1S/C30H27FN8O/c1-16-7-17(9-19(31)8-16)21-14-33-15-24-26(21)37-29(36-24)28-27-23(38-39-28)6-5-22(35-27)18-10-20(13-32-12-18)34-25(40)11-30(2,3)4/h5-10,12-15H,11H2,1-4H3,(H,34,40)(H,36,37)(H,38,39). The number of nitrogens with zero attached hydrogens (tertiary/aromatic N) is 5. The first-order chi connectivity index (χ1) is 19.1. The van der Waals surface area contributed by atoms with Crippen molar-refractivity contribution in [1.29, 1.82) is 0 Å². The molecule has 9 nitrogen and oxygen atoms in total. The zero-order valence-electron chi connectivity index (χ0n) is 22.5. The van der Waals surface area contributed by atoms with Crippen molar-refractivity contribution in [1.82, 2.24) is 35.1 Å². The minimum Gasteiger partial charge on any atom is -0.335 e. The first-order valence-electron chi connectivity index (χ1n) is 12.8. The lowest BCUT2D eigenvalue weighted by atomic mass is 9.92. The van der Waals surface area contributed by atoms with Gasteiger partial charge in [0.15, 0.2) is 11.5 Å². The van der Waals surface area contributed by atoms with Crippen LogP contribution in [0.1, 0.15) is 32.8 Å². The maximum absolute atomic E-state index is 14.2. The Morgan fingerprint density at radius 2 is 1.75 bits per heavy atom. The number of carbonyl (C=O) groups is 1. The molecule has 40 heavy (non-hydrogen) atoms. The number of carbonyl (C=O) groups excluding carboxylic acids is 1. The van der Waals surface area contributed by atoms with E-state index in [1.165, 1.54) is 12.1 Å². The van der Waals surface area contributed by atoms with Crippen LogP contribution < -0.4 is 5.32 Å². The molecule has 6 aromatic rings. The SMILES string of the molecule is Cc1cc(F)cc(-c2cncc3[nH]c(-c4n[nH]c5ccc(-c6cncc(NC(=O)CC(C)(C)C)c6)nc45)nc23)c1. The van der Waals surface area contributed by atoms with Crippen LogP contribution in [-0.2, 0) is 4.79 Å². The number of rotatable bonds is 5. The van der Waals surface area contributed by atoms with Gasteiger partial charge in [-0.05, 0) is 53.8 Å². The van der Waals surface area contributed by atoms with Crippen molar-refractivity contribution in [3.8, 4) is 33.9 Å². The average Bonchev–Trinajstić information content (AvgIpc) is 3.50. The van der Waals surface area contributed by atoms with Crippen LogP contribution in [-0.4, -0.2) is 41.0 Å². The molecule has 0 radical (unpaired) electrons. The van der Waals surface area contributed by atoms with E-state index < -0.39 is 0 Å². The van der Waals surface area contributed by atoms with Crippen molar-refractivity contribution in [2.75, 3.05) is 5.32 Å². The molecule has 0 aliphatic heterocycles. The van der Waals surface area contributed by atoms with Gasteiger partial charge in [-0.25, -0.2) is 14.4 Å². The summed E-state index contributed by atoms with van der Waals surface area (Å²) in [7, 11) is 0. The Bertz CT molecular complexity index is 1880. The van der Waals surface area contributed by atoms with Crippen LogP contribution in [0.2, 0.25) is 0 Å². The quantitative estimate of drug-likeness (QED) is 0.233. The summed E-state index contributed by atoms with van der Waals surface area (Å²) in [5.41, 5.74) is 7.38. The molecule has 0 aliphatic rings. The average molecular weight is 535 g/mol. The Balaban J connectivity index is 1.37. The molecule has 0 saturated carbocycles. The molecule has 0 unspecified atom stereocenters. The van der Waals surface area contributed by atoms with Crippen LogP contribution >= 0.6 is 0 Å². The van der Waals surface area contributed by atoms with Crippen molar-refractivity contribution in [2.24, 2.45) is 5.41 Å². The van der Waals surface area contributed by atoms with Gasteiger partial charge in [0.1, 0.15) is 11.3 Å². The van der Waals surface area contributed by atoms with E-state index in [0.717, 1.165) is 16.6 Å². The second kappa shape index (κ2) is 9.64. The fourth-order valence-corrected chi connectivity index (χ4v) is 4.71. The van der Waals surface area contributed by atoms with Crippen molar-refractivity contribution in [3.05, 3.63) is 72.6 Å². The summed E-state index contributed by atoms with van der Waals surface area (Å²) in [4.78, 5) is 34.1. The van der Waals surface area contributed by atoms with Gasteiger partial charge >= 0.3 is 0 Å². The van der Waals surface area contributed by atoms with Crippen molar-refractivity contribution in [2.45, 2.75) is 34.1 Å². The number of halogens is 1. The molecule has 0 saturated heterocycles. The molecule has 6 rings (SSSR count). The summed E-state index contributed by atoms with van der Waals surface area (Å²) < 4.78 is 14.2. The molecule has 1 aromatic carbocycles. The van der Waals surface area contributed by atoms with Crippen LogP contribution in [0.15, 0.2) is 61.2 Å². The normalized spacial score (nSPS) is 11.8. The van der Waals surface area contributed by atoms with Gasteiger partial charge in [0, 0.05) is 29.9 Å². The summed E-state index contributed by atoms with van der Waals surface area (Å²) in [6, 6.07) is 10.5. The van der Waals surface area contributed by atoms with E-state index in [2.05, 4.69) is 30.5 Å². The first-order valence-corrected chi connectivity index (χ1v) is 12.8. The van der Waals surface area contributed by atoms with Gasteiger partial charge in [-0.3, -0.25) is 19.9 Å². The topological polar surface area (TPSA) is 125 Å². The number of aryl methyl sites for hydroxylation is 1. The molecule has 0 atom stereocenters. The summed E-state index contributed by atoms with van der Waals surface area (Å²) in [5.74, 6) is 0.124. The maximum atomic E-state index is 14.2. The lowest BCUT2D eigenvalue weighted by Gasteiger charge is -2.17. The highest BCUT2D eigenvalue weighted by Gasteiger charge is 2.19. The largest absolute Gasteiger partial charge is 0.335 e. The molecular weight excluding hydrogens is 507 g/mol. The molecule has 10 heteroatoms. The van der Waals surface area contributed by atoms with Gasteiger partial charge in [0.2, 0.25) is 5.91 Å². The minimum absolute atomic E-state index is 0.0703. The third kappa shape index (κ3) is 5.03. The molecule has 3 N–H and O–H groups in total. The highest BCUT2D eigenvalue weighted by Crippen LogP contribution is 2.32. The number of imidazole rings is 1. The zero-order valence-corrected chi connectivity index (χ0v) is 22.5.